The van der Waals surface area contributed by atoms with E-state index in [2.05, 4.69) is 5.32 Å². The Labute approximate surface area is 101 Å². The van der Waals surface area contributed by atoms with Gasteiger partial charge in [-0.15, -0.1) is 0 Å². The van der Waals surface area contributed by atoms with Crippen molar-refractivity contribution >= 4 is 11.8 Å². The Kier molecular flexibility index (Phi) is 3.66. The zero-order valence-electron chi connectivity index (χ0n) is 10.4. The lowest BCUT2D eigenvalue weighted by molar-refractivity contribution is -0.148. The molecular weight excluding hydrogens is 220 g/mol. The maximum atomic E-state index is 12.3. The number of carbonyl (C=O) groups excluding carboxylic acids is 2. The number of hydrogen-bond acceptors (Lipinski definition) is 3. The van der Waals surface area contributed by atoms with Gasteiger partial charge < -0.3 is 15.0 Å². The monoisotopic (exact) mass is 240 g/mol. The highest BCUT2D eigenvalue weighted by Crippen LogP contribution is 2.18. The van der Waals surface area contributed by atoms with Gasteiger partial charge in [-0.2, -0.15) is 0 Å². The quantitative estimate of drug-likeness (QED) is 0.709. The van der Waals surface area contributed by atoms with Crippen LogP contribution in [-0.4, -0.2) is 48.6 Å². The Morgan fingerprint density at radius 2 is 2.00 bits per heavy atom. The van der Waals surface area contributed by atoms with E-state index in [4.69, 9.17) is 4.74 Å². The molecule has 0 bridgehead atoms. The molecule has 3 unspecified atom stereocenters. The zero-order valence-corrected chi connectivity index (χ0v) is 10.4. The Morgan fingerprint density at radius 3 is 2.53 bits per heavy atom. The molecule has 5 nitrogen and oxygen atoms in total. The lowest BCUT2D eigenvalue weighted by Gasteiger charge is -2.37. The fraction of sp³-hybridized carbons (Fsp3) is 0.833. The number of hydrogen-bond donors (Lipinski definition) is 1. The van der Waals surface area contributed by atoms with Crippen molar-refractivity contribution in [1.29, 1.82) is 0 Å². The van der Waals surface area contributed by atoms with Crippen LogP contribution in [-0.2, 0) is 14.3 Å². The molecule has 0 saturated carbocycles. The van der Waals surface area contributed by atoms with Gasteiger partial charge in [-0.25, -0.2) is 0 Å². The van der Waals surface area contributed by atoms with Crippen LogP contribution in [0.25, 0.3) is 0 Å². The van der Waals surface area contributed by atoms with Crippen molar-refractivity contribution in [2.45, 2.75) is 38.9 Å². The van der Waals surface area contributed by atoms with E-state index in [9.17, 15) is 9.59 Å². The van der Waals surface area contributed by atoms with E-state index in [0.29, 0.717) is 32.5 Å². The third kappa shape index (κ3) is 2.97. The van der Waals surface area contributed by atoms with Gasteiger partial charge in [0.1, 0.15) is 0 Å². The lowest BCUT2D eigenvalue weighted by atomic mass is 9.97. The van der Waals surface area contributed by atoms with Crippen molar-refractivity contribution in [3.63, 3.8) is 0 Å². The molecule has 96 valence electrons. The summed E-state index contributed by atoms with van der Waals surface area (Å²) in [5, 5.41) is 2.76. The second-order valence-electron chi connectivity index (χ2n) is 5.04. The van der Waals surface area contributed by atoms with E-state index in [-0.39, 0.29) is 29.9 Å². The molecule has 0 aromatic heterocycles. The first kappa shape index (κ1) is 12.4. The molecule has 0 aromatic carbocycles. The molecule has 2 aliphatic rings. The van der Waals surface area contributed by atoms with E-state index < -0.39 is 0 Å². The smallest absolute Gasteiger partial charge is 0.227 e. The first-order chi connectivity index (χ1) is 8.06. The van der Waals surface area contributed by atoms with Crippen molar-refractivity contribution in [3.8, 4) is 0 Å². The minimum absolute atomic E-state index is 0.0507. The summed E-state index contributed by atoms with van der Waals surface area (Å²) in [5.41, 5.74) is 0. The Morgan fingerprint density at radius 1 is 1.35 bits per heavy atom. The van der Waals surface area contributed by atoms with Crippen LogP contribution < -0.4 is 5.32 Å². The number of morpholine rings is 1. The molecule has 2 saturated heterocycles. The van der Waals surface area contributed by atoms with Gasteiger partial charge in [0.05, 0.1) is 18.1 Å². The third-order valence-electron chi connectivity index (χ3n) is 3.35. The fourth-order valence-corrected chi connectivity index (χ4v) is 2.56. The normalized spacial score (nSPS) is 34.4. The van der Waals surface area contributed by atoms with Crippen LogP contribution in [0.2, 0.25) is 0 Å². The standard InChI is InChI=1S/C12H20N2O3/c1-8-6-14(7-9(2)17-8)12(16)10-3-4-11(15)13-5-10/h8-10H,3-7H2,1-2H3,(H,13,15). The molecule has 2 fully saturated rings. The SMILES string of the molecule is CC1CN(C(=O)C2CCC(=O)NC2)CC(C)O1. The highest BCUT2D eigenvalue weighted by atomic mass is 16.5. The van der Waals surface area contributed by atoms with Gasteiger partial charge in [0.15, 0.2) is 0 Å². The van der Waals surface area contributed by atoms with Crippen molar-refractivity contribution in [2.24, 2.45) is 5.92 Å². The number of nitrogens with one attached hydrogen (secondary N) is 1. The predicted molar refractivity (Wildman–Crippen MR) is 62.3 cm³/mol. The molecule has 17 heavy (non-hydrogen) atoms. The molecule has 2 heterocycles. The maximum Gasteiger partial charge on any atom is 0.227 e. The number of ether oxygens (including phenoxy) is 1. The summed E-state index contributed by atoms with van der Waals surface area (Å²) < 4.78 is 5.61. The van der Waals surface area contributed by atoms with E-state index in [0.717, 1.165) is 0 Å². The first-order valence-electron chi connectivity index (χ1n) is 6.27. The van der Waals surface area contributed by atoms with Crippen LogP contribution in [0, 0.1) is 5.92 Å². The molecule has 0 aliphatic carbocycles. The number of rotatable bonds is 1. The van der Waals surface area contributed by atoms with Crippen LogP contribution in [0.5, 0.6) is 0 Å². The molecule has 2 aliphatic heterocycles. The topological polar surface area (TPSA) is 58.6 Å². The average Bonchev–Trinajstić information content (AvgIpc) is 2.28. The van der Waals surface area contributed by atoms with Crippen LogP contribution >= 0.6 is 0 Å². The Bertz CT molecular complexity index is 299. The van der Waals surface area contributed by atoms with Crippen molar-refractivity contribution in [3.05, 3.63) is 0 Å². The van der Waals surface area contributed by atoms with Gasteiger partial charge in [-0.1, -0.05) is 0 Å². The summed E-state index contributed by atoms with van der Waals surface area (Å²) in [4.78, 5) is 25.2. The summed E-state index contributed by atoms with van der Waals surface area (Å²) in [7, 11) is 0. The van der Waals surface area contributed by atoms with Crippen LogP contribution in [0.15, 0.2) is 0 Å². The van der Waals surface area contributed by atoms with Gasteiger partial charge in [0.2, 0.25) is 11.8 Å². The maximum absolute atomic E-state index is 12.3. The van der Waals surface area contributed by atoms with Crippen molar-refractivity contribution < 1.29 is 14.3 Å². The Balaban J connectivity index is 1.92. The summed E-state index contributed by atoms with van der Waals surface area (Å²) in [5.74, 6) is 0.162. The first-order valence-corrected chi connectivity index (χ1v) is 6.27. The molecule has 3 atom stereocenters. The fourth-order valence-electron chi connectivity index (χ4n) is 2.56. The van der Waals surface area contributed by atoms with Crippen LogP contribution in [0.4, 0.5) is 0 Å². The number of piperidine rings is 1. The van der Waals surface area contributed by atoms with Gasteiger partial charge in [0, 0.05) is 26.1 Å². The van der Waals surface area contributed by atoms with Crippen LogP contribution in [0.3, 0.4) is 0 Å². The number of amides is 2. The second kappa shape index (κ2) is 5.04. The summed E-state index contributed by atoms with van der Waals surface area (Å²) in [6, 6.07) is 0. The second-order valence-corrected chi connectivity index (χ2v) is 5.04. The largest absolute Gasteiger partial charge is 0.372 e. The number of carbonyl (C=O) groups is 2. The molecule has 0 spiro atoms. The predicted octanol–water partition coefficient (Wildman–Crippen LogP) is 0.148. The van der Waals surface area contributed by atoms with Gasteiger partial charge in [-0.3, -0.25) is 9.59 Å². The molecule has 1 N–H and O–H groups in total. The Hall–Kier alpha value is -1.10. The van der Waals surface area contributed by atoms with Gasteiger partial charge in [-0.05, 0) is 20.3 Å². The van der Waals surface area contributed by atoms with E-state index in [1.807, 2.05) is 18.7 Å². The lowest BCUT2D eigenvalue weighted by Crippen LogP contribution is -2.52. The molecule has 5 heteroatoms. The highest BCUT2D eigenvalue weighted by Gasteiger charge is 2.32. The highest BCUT2D eigenvalue weighted by molar-refractivity contribution is 5.83. The van der Waals surface area contributed by atoms with Crippen molar-refractivity contribution in [2.75, 3.05) is 19.6 Å². The molecule has 0 radical (unpaired) electrons. The van der Waals surface area contributed by atoms with Gasteiger partial charge >= 0.3 is 0 Å². The van der Waals surface area contributed by atoms with E-state index >= 15 is 0 Å². The van der Waals surface area contributed by atoms with Crippen LogP contribution in [0.1, 0.15) is 26.7 Å². The molecular formula is C12H20N2O3. The third-order valence-corrected chi connectivity index (χ3v) is 3.35. The summed E-state index contributed by atoms with van der Waals surface area (Å²) >= 11 is 0. The average molecular weight is 240 g/mol. The molecule has 0 aromatic rings. The van der Waals surface area contributed by atoms with Gasteiger partial charge in [0.25, 0.3) is 0 Å². The van der Waals surface area contributed by atoms with E-state index in [1.54, 1.807) is 0 Å². The summed E-state index contributed by atoms with van der Waals surface area (Å²) in [6.07, 6.45) is 1.33. The zero-order chi connectivity index (χ0) is 12.4. The number of nitrogens with zero attached hydrogens (tertiary/aromatic N) is 1. The van der Waals surface area contributed by atoms with E-state index in [1.165, 1.54) is 0 Å². The van der Waals surface area contributed by atoms with Crippen molar-refractivity contribution in [1.82, 2.24) is 10.2 Å². The molecule has 2 amide bonds. The molecule has 2 rings (SSSR count). The minimum Gasteiger partial charge on any atom is -0.372 e. The summed E-state index contributed by atoms with van der Waals surface area (Å²) in [6.45, 7) is 5.77. The minimum atomic E-state index is -0.0507.